The maximum absolute atomic E-state index is 12.9. The first kappa shape index (κ1) is 14.5. The van der Waals surface area contributed by atoms with E-state index in [-0.39, 0.29) is 6.04 Å². The molecule has 2 aliphatic rings. The summed E-state index contributed by atoms with van der Waals surface area (Å²) in [5.41, 5.74) is 0. The highest BCUT2D eigenvalue weighted by Gasteiger charge is 2.40. The molecule has 0 aromatic heterocycles. The van der Waals surface area contributed by atoms with Crippen molar-refractivity contribution in [2.45, 2.75) is 42.7 Å². The SMILES string of the molecule is O=S(=O)(c1ccccc1Br)N(CC1CCCN1)C1CC1. The van der Waals surface area contributed by atoms with Crippen LogP contribution in [0.25, 0.3) is 0 Å². The van der Waals surface area contributed by atoms with Gasteiger partial charge in [-0.05, 0) is 60.3 Å². The van der Waals surface area contributed by atoms with Crippen LogP contribution in [0.4, 0.5) is 0 Å². The third kappa shape index (κ3) is 2.93. The number of halogens is 1. The van der Waals surface area contributed by atoms with Crippen molar-refractivity contribution in [3.8, 4) is 0 Å². The van der Waals surface area contributed by atoms with E-state index in [1.165, 1.54) is 0 Å². The fraction of sp³-hybridized carbons (Fsp3) is 0.571. The van der Waals surface area contributed by atoms with Crippen LogP contribution in [0, 0.1) is 0 Å². The Hall–Kier alpha value is -0.430. The van der Waals surface area contributed by atoms with Crippen LogP contribution in [-0.2, 0) is 10.0 Å². The Balaban J connectivity index is 1.87. The molecular weight excluding hydrogens is 340 g/mol. The highest BCUT2D eigenvalue weighted by atomic mass is 79.9. The van der Waals surface area contributed by atoms with Crippen LogP contribution < -0.4 is 5.32 Å². The van der Waals surface area contributed by atoms with Gasteiger partial charge in [-0.3, -0.25) is 0 Å². The molecule has 0 spiro atoms. The van der Waals surface area contributed by atoms with E-state index < -0.39 is 10.0 Å². The van der Waals surface area contributed by atoms with E-state index in [1.807, 2.05) is 6.07 Å². The Kier molecular flexibility index (Phi) is 4.17. The summed E-state index contributed by atoms with van der Waals surface area (Å²) in [5.74, 6) is 0. The molecule has 0 radical (unpaired) electrons. The lowest BCUT2D eigenvalue weighted by molar-refractivity contribution is 0.362. The Bertz CT molecular complexity index is 581. The summed E-state index contributed by atoms with van der Waals surface area (Å²) in [7, 11) is -3.41. The molecule has 1 aliphatic heterocycles. The number of benzene rings is 1. The van der Waals surface area contributed by atoms with E-state index in [0.29, 0.717) is 22.0 Å². The van der Waals surface area contributed by atoms with E-state index in [0.717, 1.165) is 32.2 Å². The quantitative estimate of drug-likeness (QED) is 0.878. The van der Waals surface area contributed by atoms with Gasteiger partial charge in [0.15, 0.2) is 0 Å². The third-order valence-electron chi connectivity index (χ3n) is 3.94. The Labute approximate surface area is 128 Å². The van der Waals surface area contributed by atoms with Crippen LogP contribution in [0.2, 0.25) is 0 Å². The molecule has 4 nitrogen and oxygen atoms in total. The average Bonchev–Trinajstić information content (AvgIpc) is 3.12. The van der Waals surface area contributed by atoms with Crippen molar-refractivity contribution < 1.29 is 8.42 Å². The number of sulfonamides is 1. The Morgan fingerprint density at radius 3 is 2.60 bits per heavy atom. The van der Waals surface area contributed by atoms with E-state index in [2.05, 4.69) is 21.2 Å². The van der Waals surface area contributed by atoms with Gasteiger partial charge < -0.3 is 5.32 Å². The van der Waals surface area contributed by atoms with Crippen LogP contribution in [0.5, 0.6) is 0 Å². The first-order valence-electron chi connectivity index (χ1n) is 7.09. The minimum absolute atomic E-state index is 0.189. The van der Waals surface area contributed by atoms with Gasteiger partial charge >= 0.3 is 0 Å². The molecule has 3 rings (SSSR count). The molecule has 20 heavy (non-hydrogen) atoms. The zero-order valence-corrected chi connectivity index (χ0v) is 13.7. The van der Waals surface area contributed by atoms with Crippen LogP contribution >= 0.6 is 15.9 Å². The minimum atomic E-state index is -3.41. The molecule has 2 fully saturated rings. The van der Waals surface area contributed by atoms with Crippen LogP contribution in [0.15, 0.2) is 33.6 Å². The first-order chi connectivity index (χ1) is 9.59. The van der Waals surface area contributed by atoms with Crippen molar-refractivity contribution in [3.05, 3.63) is 28.7 Å². The van der Waals surface area contributed by atoms with E-state index in [1.54, 1.807) is 22.5 Å². The minimum Gasteiger partial charge on any atom is -0.313 e. The average molecular weight is 359 g/mol. The second kappa shape index (κ2) is 5.75. The summed E-state index contributed by atoms with van der Waals surface area (Å²) in [5, 5.41) is 3.39. The number of nitrogens with zero attached hydrogens (tertiary/aromatic N) is 1. The fourth-order valence-corrected chi connectivity index (χ4v) is 5.41. The standard InChI is InChI=1S/C14H19BrN2O2S/c15-13-5-1-2-6-14(13)20(18,19)17(12-7-8-12)10-11-4-3-9-16-11/h1-2,5-6,11-12,16H,3-4,7-10H2. The first-order valence-corrected chi connectivity index (χ1v) is 9.32. The smallest absolute Gasteiger partial charge is 0.244 e. The van der Waals surface area contributed by atoms with Gasteiger partial charge in [-0.2, -0.15) is 4.31 Å². The molecule has 1 unspecified atom stereocenters. The Morgan fingerprint density at radius 1 is 1.25 bits per heavy atom. The predicted octanol–water partition coefficient (Wildman–Crippen LogP) is 2.35. The van der Waals surface area contributed by atoms with Gasteiger partial charge in [0.1, 0.15) is 0 Å². The van der Waals surface area contributed by atoms with Crippen molar-refractivity contribution in [1.82, 2.24) is 9.62 Å². The van der Waals surface area contributed by atoms with E-state index in [4.69, 9.17) is 0 Å². The normalized spacial score (nSPS) is 23.4. The van der Waals surface area contributed by atoms with Crippen molar-refractivity contribution in [2.75, 3.05) is 13.1 Å². The van der Waals surface area contributed by atoms with Gasteiger partial charge in [0.2, 0.25) is 10.0 Å². The molecule has 0 amide bonds. The maximum atomic E-state index is 12.9. The number of hydrogen-bond donors (Lipinski definition) is 1. The molecule has 1 saturated carbocycles. The monoisotopic (exact) mass is 358 g/mol. The summed E-state index contributed by atoms with van der Waals surface area (Å²) >= 11 is 3.36. The van der Waals surface area contributed by atoms with Gasteiger partial charge in [0.05, 0.1) is 4.90 Å². The highest BCUT2D eigenvalue weighted by Crippen LogP contribution is 2.34. The molecule has 1 heterocycles. The van der Waals surface area contributed by atoms with E-state index >= 15 is 0 Å². The zero-order valence-electron chi connectivity index (χ0n) is 11.3. The van der Waals surface area contributed by atoms with Crippen molar-refractivity contribution in [2.24, 2.45) is 0 Å². The molecule has 1 aromatic carbocycles. The van der Waals surface area contributed by atoms with Crippen molar-refractivity contribution in [1.29, 1.82) is 0 Å². The van der Waals surface area contributed by atoms with E-state index in [9.17, 15) is 8.42 Å². The number of nitrogens with one attached hydrogen (secondary N) is 1. The molecule has 1 aliphatic carbocycles. The van der Waals surface area contributed by atoms with Gasteiger partial charge in [-0.25, -0.2) is 8.42 Å². The maximum Gasteiger partial charge on any atom is 0.244 e. The summed E-state index contributed by atoms with van der Waals surface area (Å²) in [6, 6.07) is 7.56. The van der Waals surface area contributed by atoms with Crippen molar-refractivity contribution >= 4 is 26.0 Å². The second-order valence-electron chi connectivity index (χ2n) is 5.53. The lowest BCUT2D eigenvalue weighted by Crippen LogP contribution is -2.42. The molecule has 1 N–H and O–H groups in total. The molecule has 0 bridgehead atoms. The molecule has 110 valence electrons. The van der Waals surface area contributed by atoms with Crippen LogP contribution in [0.1, 0.15) is 25.7 Å². The molecule has 1 saturated heterocycles. The highest BCUT2D eigenvalue weighted by molar-refractivity contribution is 9.10. The van der Waals surface area contributed by atoms with Gasteiger partial charge in [0.25, 0.3) is 0 Å². The molecule has 1 aromatic rings. The fourth-order valence-electron chi connectivity index (χ4n) is 2.72. The summed E-state index contributed by atoms with van der Waals surface area (Å²) in [6.07, 6.45) is 4.17. The second-order valence-corrected chi connectivity index (χ2v) is 8.24. The summed E-state index contributed by atoms with van der Waals surface area (Å²) in [6.45, 7) is 1.59. The topological polar surface area (TPSA) is 49.4 Å². The molecular formula is C14H19BrN2O2S. The number of rotatable bonds is 5. The molecule has 6 heteroatoms. The summed E-state index contributed by atoms with van der Waals surface area (Å²) in [4.78, 5) is 0.380. The molecule has 1 atom stereocenters. The largest absolute Gasteiger partial charge is 0.313 e. The van der Waals surface area contributed by atoms with Crippen LogP contribution in [0.3, 0.4) is 0 Å². The predicted molar refractivity (Wildman–Crippen MR) is 82.1 cm³/mol. The van der Waals surface area contributed by atoms with Gasteiger partial charge in [-0.1, -0.05) is 12.1 Å². The van der Waals surface area contributed by atoms with Gasteiger partial charge in [0, 0.05) is 23.1 Å². The zero-order chi connectivity index (χ0) is 14.2. The summed E-state index contributed by atoms with van der Waals surface area (Å²) < 4.78 is 28.1. The lowest BCUT2D eigenvalue weighted by atomic mass is 10.2. The van der Waals surface area contributed by atoms with Crippen molar-refractivity contribution in [3.63, 3.8) is 0 Å². The van der Waals surface area contributed by atoms with Gasteiger partial charge in [-0.15, -0.1) is 0 Å². The lowest BCUT2D eigenvalue weighted by Gasteiger charge is -2.25. The Morgan fingerprint density at radius 2 is 2.00 bits per heavy atom. The van der Waals surface area contributed by atoms with Crippen LogP contribution in [-0.4, -0.2) is 37.9 Å². The number of hydrogen-bond acceptors (Lipinski definition) is 3. The third-order valence-corrected chi connectivity index (χ3v) is 6.87.